The standard InChI is InChI=1S/C20H26F2N4O/c1-24(2)10-4-11-25-14-9-23-19(25)15-7-12-26(13-8-15)20(27)18-16(21)5-3-6-17(18)22/h3,5-6,9,14-15H,4,7-8,10-13H2,1-2H3. The molecule has 0 bridgehead atoms. The van der Waals surface area contributed by atoms with Gasteiger partial charge in [-0.15, -0.1) is 0 Å². The lowest BCUT2D eigenvalue weighted by atomic mass is 9.95. The van der Waals surface area contributed by atoms with Gasteiger partial charge in [0, 0.05) is 37.9 Å². The minimum atomic E-state index is -0.807. The van der Waals surface area contributed by atoms with Gasteiger partial charge < -0.3 is 14.4 Å². The summed E-state index contributed by atoms with van der Waals surface area (Å²) in [5, 5.41) is 0. The van der Waals surface area contributed by atoms with Crippen molar-refractivity contribution >= 4 is 5.91 Å². The van der Waals surface area contributed by atoms with E-state index in [9.17, 15) is 13.6 Å². The molecular weight excluding hydrogens is 350 g/mol. The van der Waals surface area contributed by atoms with Crippen LogP contribution in [0.1, 0.15) is 41.4 Å². The summed E-state index contributed by atoms with van der Waals surface area (Å²) in [5.74, 6) is -0.887. The molecule has 3 rings (SSSR count). The fourth-order valence-electron chi connectivity index (χ4n) is 3.63. The number of hydrogen-bond acceptors (Lipinski definition) is 3. The fraction of sp³-hybridized carbons (Fsp3) is 0.500. The predicted octanol–water partition coefficient (Wildman–Crippen LogP) is 3.13. The van der Waals surface area contributed by atoms with Gasteiger partial charge in [0.2, 0.25) is 0 Å². The average Bonchev–Trinajstić information content (AvgIpc) is 3.10. The van der Waals surface area contributed by atoms with Gasteiger partial charge in [0.1, 0.15) is 23.0 Å². The number of piperidine rings is 1. The van der Waals surface area contributed by atoms with Gasteiger partial charge in [0.25, 0.3) is 5.91 Å². The summed E-state index contributed by atoms with van der Waals surface area (Å²) < 4.78 is 29.9. The van der Waals surface area contributed by atoms with Crippen LogP contribution in [0.25, 0.3) is 0 Å². The first kappa shape index (κ1) is 19.5. The molecule has 0 saturated carbocycles. The van der Waals surface area contributed by atoms with Crippen LogP contribution in [0.15, 0.2) is 30.6 Å². The number of halogens is 2. The lowest BCUT2D eigenvalue weighted by Gasteiger charge is -2.32. The number of carbonyl (C=O) groups is 1. The summed E-state index contributed by atoms with van der Waals surface area (Å²) in [5.41, 5.74) is -0.457. The zero-order valence-corrected chi connectivity index (χ0v) is 15.9. The van der Waals surface area contributed by atoms with E-state index in [2.05, 4.69) is 28.5 Å². The lowest BCUT2D eigenvalue weighted by molar-refractivity contribution is 0.0700. The molecule has 0 spiro atoms. The van der Waals surface area contributed by atoms with Crippen molar-refractivity contribution in [3.05, 3.63) is 53.6 Å². The Labute approximate surface area is 158 Å². The summed E-state index contributed by atoms with van der Waals surface area (Å²) in [6.07, 6.45) is 6.34. The van der Waals surface area contributed by atoms with Gasteiger partial charge in [0.05, 0.1) is 0 Å². The van der Waals surface area contributed by atoms with E-state index in [1.54, 1.807) is 0 Å². The zero-order chi connectivity index (χ0) is 19.4. The van der Waals surface area contributed by atoms with Crippen LogP contribution in [0.4, 0.5) is 8.78 Å². The second-order valence-corrected chi connectivity index (χ2v) is 7.30. The summed E-state index contributed by atoms with van der Waals surface area (Å²) in [7, 11) is 4.11. The number of aromatic nitrogens is 2. The van der Waals surface area contributed by atoms with E-state index in [-0.39, 0.29) is 5.92 Å². The Bertz CT molecular complexity index is 762. The summed E-state index contributed by atoms with van der Waals surface area (Å²) in [6.45, 7) is 2.87. The van der Waals surface area contributed by atoms with Crippen molar-refractivity contribution in [3.63, 3.8) is 0 Å². The van der Waals surface area contributed by atoms with Crippen molar-refractivity contribution in [2.75, 3.05) is 33.7 Å². The van der Waals surface area contributed by atoms with Crippen LogP contribution in [-0.4, -0.2) is 59.0 Å². The maximum Gasteiger partial charge on any atom is 0.259 e. The summed E-state index contributed by atoms with van der Waals surface area (Å²) >= 11 is 0. The molecule has 2 heterocycles. The highest BCUT2D eigenvalue weighted by Crippen LogP contribution is 2.28. The SMILES string of the molecule is CN(C)CCCn1ccnc1C1CCN(C(=O)c2c(F)cccc2F)CC1. The third-order valence-corrected chi connectivity index (χ3v) is 5.08. The van der Waals surface area contributed by atoms with Gasteiger partial charge in [-0.3, -0.25) is 4.79 Å². The van der Waals surface area contributed by atoms with Crippen LogP contribution >= 0.6 is 0 Å². The number of amides is 1. The number of rotatable bonds is 6. The van der Waals surface area contributed by atoms with Crippen LogP contribution < -0.4 is 0 Å². The first-order chi connectivity index (χ1) is 13.0. The van der Waals surface area contributed by atoms with Crippen LogP contribution in [-0.2, 0) is 6.54 Å². The van der Waals surface area contributed by atoms with Crippen molar-refractivity contribution in [2.45, 2.75) is 31.7 Å². The number of hydrogen-bond donors (Lipinski definition) is 0. The second-order valence-electron chi connectivity index (χ2n) is 7.30. The molecule has 0 N–H and O–H groups in total. The summed E-state index contributed by atoms with van der Waals surface area (Å²) in [4.78, 5) is 20.7. The Morgan fingerprint density at radius 2 is 1.89 bits per heavy atom. The Balaban J connectivity index is 1.61. The maximum absolute atomic E-state index is 13.9. The molecule has 146 valence electrons. The first-order valence-corrected chi connectivity index (χ1v) is 9.36. The summed E-state index contributed by atoms with van der Waals surface area (Å²) in [6, 6.07) is 3.50. The molecule has 0 radical (unpaired) electrons. The number of benzene rings is 1. The van der Waals surface area contributed by atoms with Crippen molar-refractivity contribution < 1.29 is 13.6 Å². The minimum absolute atomic E-state index is 0.258. The van der Waals surface area contributed by atoms with Crippen molar-refractivity contribution in [1.82, 2.24) is 19.4 Å². The second kappa shape index (κ2) is 8.61. The van der Waals surface area contributed by atoms with Crippen molar-refractivity contribution in [1.29, 1.82) is 0 Å². The molecule has 1 fully saturated rings. The van der Waals surface area contributed by atoms with Gasteiger partial charge in [-0.2, -0.15) is 0 Å². The molecule has 1 aromatic carbocycles. The van der Waals surface area contributed by atoms with Gasteiger partial charge in [-0.05, 0) is 52.0 Å². The fourth-order valence-corrected chi connectivity index (χ4v) is 3.63. The van der Waals surface area contributed by atoms with Crippen LogP contribution in [0.5, 0.6) is 0 Å². The van der Waals surface area contributed by atoms with Crippen LogP contribution in [0.2, 0.25) is 0 Å². The molecule has 27 heavy (non-hydrogen) atoms. The quantitative estimate of drug-likeness (QED) is 0.778. The molecule has 2 aromatic rings. The molecule has 0 aliphatic carbocycles. The number of carbonyl (C=O) groups excluding carboxylic acids is 1. The smallest absolute Gasteiger partial charge is 0.259 e. The van der Waals surface area contributed by atoms with E-state index in [0.717, 1.165) is 50.3 Å². The molecule has 1 aromatic heterocycles. The Morgan fingerprint density at radius 1 is 1.22 bits per heavy atom. The normalized spacial score (nSPS) is 15.5. The first-order valence-electron chi connectivity index (χ1n) is 9.36. The Hall–Kier alpha value is -2.28. The Morgan fingerprint density at radius 3 is 2.52 bits per heavy atom. The molecular formula is C20H26F2N4O. The third kappa shape index (κ3) is 4.53. The van der Waals surface area contributed by atoms with Crippen molar-refractivity contribution in [3.8, 4) is 0 Å². The molecule has 5 nitrogen and oxygen atoms in total. The average molecular weight is 376 g/mol. The highest BCUT2D eigenvalue weighted by molar-refractivity contribution is 5.94. The Kier molecular flexibility index (Phi) is 6.21. The molecule has 1 amide bonds. The number of imidazole rings is 1. The van der Waals surface area contributed by atoms with Gasteiger partial charge >= 0.3 is 0 Å². The van der Waals surface area contributed by atoms with E-state index in [4.69, 9.17) is 0 Å². The molecule has 0 unspecified atom stereocenters. The van der Waals surface area contributed by atoms with E-state index >= 15 is 0 Å². The monoisotopic (exact) mass is 376 g/mol. The minimum Gasteiger partial charge on any atom is -0.338 e. The molecule has 0 atom stereocenters. The van der Waals surface area contributed by atoms with Gasteiger partial charge in [-0.1, -0.05) is 6.07 Å². The largest absolute Gasteiger partial charge is 0.338 e. The third-order valence-electron chi connectivity index (χ3n) is 5.08. The van der Waals surface area contributed by atoms with Crippen LogP contribution in [0.3, 0.4) is 0 Å². The molecule has 7 heteroatoms. The number of likely N-dealkylation sites (tertiary alicyclic amines) is 1. The topological polar surface area (TPSA) is 41.4 Å². The van der Waals surface area contributed by atoms with Gasteiger partial charge in [0.15, 0.2) is 0 Å². The molecule has 1 saturated heterocycles. The maximum atomic E-state index is 13.9. The van der Waals surface area contributed by atoms with Crippen molar-refractivity contribution in [2.24, 2.45) is 0 Å². The predicted molar refractivity (Wildman–Crippen MR) is 99.6 cm³/mol. The number of nitrogens with zero attached hydrogens (tertiary/aromatic N) is 4. The lowest BCUT2D eigenvalue weighted by Crippen LogP contribution is -2.39. The zero-order valence-electron chi connectivity index (χ0n) is 15.9. The van der Waals surface area contributed by atoms with E-state index in [1.165, 1.54) is 11.0 Å². The van der Waals surface area contributed by atoms with Crippen LogP contribution in [0, 0.1) is 11.6 Å². The highest BCUT2D eigenvalue weighted by atomic mass is 19.1. The van der Waals surface area contributed by atoms with Gasteiger partial charge in [-0.25, -0.2) is 13.8 Å². The van der Waals surface area contributed by atoms with E-state index in [0.29, 0.717) is 13.1 Å². The molecule has 1 aliphatic heterocycles. The number of aryl methyl sites for hydroxylation is 1. The van der Waals surface area contributed by atoms with E-state index in [1.807, 2.05) is 12.4 Å². The highest BCUT2D eigenvalue weighted by Gasteiger charge is 2.29. The molecule has 1 aliphatic rings. The van der Waals surface area contributed by atoms with E-state index < -0.39 is 23.1 Å².